The number of pyridine rings is 1. The number of nitrogens with zero attached hydrogens (tertiary/aromatic N) is 2. The molecule has 1 fully saturated rings. The standard InChI is InChI=1S/C12H14N2/c1-2-6-11(5-1)14-9-7-10-4-3-8-13-12(10)14/h3-4,7-9,11H,1-2,5-6H2. The Morgan fingerprint density at radius 1 is 1.21 bits per heavy atom. The SMILES string of the molecule is c1cnc2c(c1)ccn2C1CCCC1. The van der Waals surface area contributed by atoms with Gasteiger partial charge in [0.15, 0.2) is 0 Å². The molecular formula is C12H14N2. The molecule has 0 radical (unpaired) electrons. The Balaban J connectivity index is 2.11. The molecule has 3 rings (SSSR count). The van der Waals surface area contributed by atoms with Crippen LogP contribution in [0.2, 0.25) is 0 Å². The van der Waals surface area contributed by atoms with Crippen LogP contribution in [-0.4, -0.2) is 9.55 Å². The maximum absolute atomic E-state index is 4.45. The molecule has 0 aliphatic heterocycles. The van der Waals surface area contributed by atoms with E-state index in [2.05, 4.69) is 27.9 Å². The minimum atomic E-state index is 0.697. The smallest absolute Gasteiger partial charge is 0.140 e. The predicted molar refractivity (Wildman–Crippen MR) is 57.2 cm³/mol. The van der Waals surface area contributed by atoms with Gasteiger partial charge in [-0.3, -0.25) is 0 Å². The fourth-order valence-corrected chi connectivity index (χ4v) is 2.46. The van der Waals surface area contributed by atoms with Gasteiger partial charge in [0.2, 0.25) is 0 Å². The van der Waals surface area contributed by atoms with Crippen molar-refractivity contribution in [3.8, 4) is 0 Å². The lowest BCUT2D eigenvalue weighted by Gasteiger charge is -2.11. The van der Waals surface area contributed by atoms with Crippen LogP contribution in [0, 0.1) is 0 Å². The van der Waals surface area contributed by atoms with Crippen LogP contribution in [0.4, 0.5) is 0 Å². The lowest BCUT2D eigenvalue weighted by atomic mass is 10.2. The average Bonchev–Trinajstić information content (AvgIpc) is 2.85. The van der Waals surface area contributed by atoms with Gasteiger partial charge in [-0.15, -0.1) is 0 Å². The number of rotatable bonds is 1. The van der Waals surface area contributed by atoms with Crippen LogP contribution in [0.5, 0.6) is 0 Å². The molecule has 0 atom stereocenters. The van der Waals surface area contributed by atoms with Gasteiger partial charge in [-0.2, -0.15) is 0 Å². The highest BCUT2D eigenvalue weighted by Gasteiger charge is 2.17. The molecule has 0 saturated heterocycles. The second kappa shape index (κ2) is 3.12. The molecule has 2 aromatic heterocycles. The first-order valence-electron chi connectivity index (χ1n) is 5.37. The first-order chi connectivity index (χ1) is 6.95. The van der Waals surface area contributed by atoms with Gasteiger partial charge in [0.1, 0.15) is 5.65 Å². The molecule has 72 valence electrons. The highest BCUT2D eigenvalue weighted by Crippen LogP contribution is 2.31. The number of aromatic nitrogens is 2. The van der Waals surface area contributed by atoms with E-state index in [4.69, 9.17) is 0 Å². The Hall–Kier alpha value is -1.31. The molecule has 2 aromatic rings. The second-order valence-corrected chi connectivity index (χ2v) is 4.08. The first-order valence-corrected chi connectivity index (χ1v) is 5.37. The number of hydrogen-bond acceptors (Lipinski definition) is 1. The molecule has 2 heterocycles. The van der Waals surface area contributed by atoms with Crippen molar-refractivity contribution in [1.29, 1.82) is 0 Å². The normalized spacial score (nSPS) is 18.0. The topological polar surface area (TPSA) is 17.8 Å². The molecule has 0 N–H and O–H groups in total. The summed E-state index contributed by atoms with van der Waals surface area (Å²) in [5.41, 5.74) is 1.15. The largest absolute Gasteiger partial charge is 0.329 e. The van der Waals surface area contributed by atoms with Crippen LogP contribution in [0.25, 0.3) is 11.0 Å². The molecule has 2 heteroatoms. The summed E-state index contributed by atoms with van der Waals surface area (Å²) in [4.78, 5) is 4.45. The van der Waals surface area contributed by atoms with E-state index in [1.807, 2.05) is 12.3 Å². The first kappa shape index (κ1) is 8.04. The van der Waals surface area contributed by atoms with E-state index in [9.17, 15) is 0 Å². The Labute approximate surface area is 83.6 Å². The molecule has 1 saturated carbocycles. The van der Waals surface area contributed by atoms with Crippen molar-refractivity contribution in [3.63, 3.8) is 0 Å². The van der Waals surface area contributed by atoms with Crippen molar-refractivity contribution in [2.75, 3.05) is 0 Å². The van der Waals surface area contributed by atoms with Gasteiger partial charge >= 0.3 is 0 Å². The molecule has 0 aromatic carbocycles. The van der Waals surface area contributed by atoms with E-state index in [1.165, 1.54) is 31.1 Å². The zero-order valence-electron chi connectivity index (χ0n) is 8.19. The third kappa shape index (κ3) is 1.14. The molecule has 14 heavy (non-hydrogen) atoms. The summed E-state index contributed by atoms with van der Waals surface area (Å²) in [6.07, 6.45) is 9.45. The van der Waals surface area contributed by atoms with E-state index < -0.39 is 0 Å². The average molecular weight is 186 g/mol. The fourth-order valence-electron chi connectivity index (χ4n) is 2.46. The monoisotopic (exact) mass is 186 g/mol. The van der Waals surface area contributed by atoms with Crippen LogP contribution in [-0.2, 0) is 0 Å². The zero-order valence-corrected chi connectivity index (χ0v) is 8.19. The maximum Gasteiger partial charge on any atom is 0.140 e. The molecule has 0 spiro atoms. The second-order valence-electron chi connectivity index (χ2n) is 4.08. The highest BCUT2D eigenvalue weighted by atomic mass is 15.1. The Kier molecular flexibility index (Phi) is 1.79. The van der Waals surface area contributed by atoms with Gasteiger partial charge < -0.3 is 4.57 Å². The van der Waals surface area contributed by atoms with Crippen molar-refractivity contribution >= 4 is 11.0 Å². The van der Waals surface area contributed by atoms with Crippen molar-refractivity contribution in [2.24, 2.45) is 0 Å². The predicted octanol–water partition coefficient (Wildman–Crippen LogP) is 3.15. The van der Waals surface area contributed by atoms with Crippen molar-refractivity contribution in [2.45, 2.75) is 31.7 Å². The summed E-state index contributed by atoms with van der Waals surface area (Å²) in [6, 6.07) is 7.00. The summed E-state index contributed by atoms with van der Waals surface area (Å²) in [5.74, 6) is 0. The summed E-state index contributed by atoms with van der Waals surface area (Å²) < 4.78 is 2.35. The Bertz CT molecular complexity index is 438. The maximum atomic E-state index is 4.45. The molecule has 1 aliphatic rings. The Morgan fingerprint density at radius 3 is 2.93 bits per heavy atom. The number of hydrogen-bond donors (Lipinski definition) is 0. The summed E-state index contributed by atoms with van der Waals surface area (Å²) in [7, 11) is 0. The molecule has 2 nitrogen and oxygen atoms in total. The quantitative estimate of drug-likeness (QED) is 0.669. The zero-order chi connectivity index (χ0) is 9.38. The van der Waals surface area contributed by atoms with E-state index in [0.717, 1.165) is 5.65 Å². The Morgan fingerprint density at radius 2 is 2.07 bits per heavy atom. The van der Waals surface area contributed by atoms with Crippen molar-refractivity contribution < 1.29 is 0 Å². The van der Waals surface area contributed by atoms with Gasteiger partial charge in [-0.25, -0.2) is 4.98 Å². The molecular weight excluding hydrogens is 172 g/mol. The van der Waals surface area contributed by atoms with Gasteiger partial charge in [0, 0.05) is 23.8 Å². The third-order valence-electron chi connectivity index (χ3n) is 3.19. The molecule has 0 bridgehead atoms. The van der Waals surface area contributed by atoms with Crippen molar-refractivity contribution in [1.82, 2.24) is 9.55 Å². The van der Waals surface area contributed by atoms with E-state index >= 15 is 0 Å². The van der Waals surface area contributed by atoms with Gasteiger partial charge in [-0.05, 0) is 31.0 Å². The number of fused-ring (bicyclic) bond motifs is 1. The van der Waals surface area contributed by atoms with E-state index in [1.54, 1.807) is 0 Å². The highest BCUT2D eigenvalue weighted by molar-refractivity contribution is 5.75. The van der Waals surface area contributed by atoms with Gasteiger partial charge in [-0.1, -0.05) is 12.8 Å². The lowest BCUT2D eigenvalue weighted by Crippen LogP contribution is -2.03. The van der Waals surface area contributed by atoms with Crippen LogP contribution in [0.3, 0.4) is 0 Å². The van der Waals surface area contributed by atoms with Crippen LogP contribution < -0.4 is 0 Å². The van der Waals surface area contributed by atoms with Gasteiger partial charge in [0.25, 0.3) is 0 Å². The lowest BCUT2D eigenvalue weighted by molar-refractivity contribution is 0.532. The van der Waals surface area contributed by atoms with Crippen LogP contribution >= 0.6 is 0 Å². The molecule has 0 unspecified atom stereocenters. The van der Waals surface area contributed by atoms with Crippen molar-refractivity contribution in [3.05, 3.63) is 30.6 Å². The molecule has 1 aliphatic carbocycles. The minimum Gasteiger partial charge on any atom is -0.329 e. The van der Waals surface area contributed by atoms with Gasteiger partial charge in [0.05, 0.1) is 0 Å². The van der Waals surface area contributed by atoms with E-state index in [-0.39, 0.29) is 0 Å². The summed E-state index contributed by atoms with van der Waals surface area (Å²) in [5, 5.41) is 1.26. The van der Waals surface area contributed by atoms with E-state index in [0.29, 0.717) is 6.04 Å². The fraction of sp³-hybridized carbons (Fsp3) is 0.417. The van der Waals surface area contributed by atoms with Crippen LogP contribution in [0.1, 0.15) is 31.7 Å². The summed E-state index contributed by atoms with van der Waals surface area (Å²) >= 11 is 0. The summed E-state index contributed by atoms with van der Waals surface area (Å²) in [6.45, 7) is 0. The van der Waals surface area contributed by atoms with Crippen LogP contribution in [0.15, 0.2) is 30.6 Å². The minimum absolute atomic E-state index is 0.697. The third-order valence-corrected chi connectivity index (χ3v) is 3.19. The molecule has 0 amide bonds.